The van der Waals surface area contributed by atoms with E-state index in [9.17, 15) is 0 Å². The molecule has 0 saturated heterocycles. The zero-order valence-corrected chi connectivity index (χ0v) is 14.5. The number of hydrogen-bond donors (Lipinski definition) is 0. The number of aryl methyl sites for hydroxylation is 1. The lowest BCUT2D eigenvalue weighted by molar-refractivity contribution is 0.795. The monoisotopic (exact) mass is 309 g/mol. The topological polar surface area (TPSA) is 28.0 Å². The first-order valence-corrected chi connectivity index (χ1v) is 8.62. The van der Waals surface area contributed by atoms with Crippen LogP contribution in [0.3, 0.4) is 0 Å². The highest BCUT2D eigenvalue weighted by molar-refractivity contribution is 5.52. The molecule has 0 amide bonds. The van der Waals surface area contributed by atoms with Crippen LogP contribution in [0.4, 0.5) is 17.1 Å². The summed E-state index contributed by atoms with van der Waals surface area (Å²) in [5.41, 5.74) is 4.39. The molecule has 0 aliphatic heterocycles. The highest BCUT2D eigenvalue weighted by Crippen LogP contribution is 2.22. The molecule has 2 rings (SSSR count). The highest BCUT2D eigenvalue weighted by atomic mass is 15.1. The van der Waals surface area contributed by atoms with Gasteiger partial charge in [0, 0.05) is 18.8 Å². The Morgan fingerprint density at radius 2 is 1.26 bits per heavy atom. The molecule has 0 heterocycles. The Labute approximate surface area is 140 Å². The molecule has 0 fully saturated rings. The molecule has 0 atom stereocenters. The molecule has 3 nitrogen and oxygen atoms in total. The van der Waals surface area contributed by atoms with Gasteiger partial charge in [0.05, 0.1) is 11.4 Å². The summed E-state index contributed by atoms with van der Waals surface area (Å²) in [4.78, 5) is 2.32. The fourth-order valence-corrected chi connectivity index (χ4v) is 2.54. The second-order valence-corrected chi connectivity index (χ2v) is 5.66. The number of hydrogen-bond acceptors (Lipinski definition) is 3. The molecule has 0 radical (unpaired) electrons. The van der Waals surface area contributed by atoms with E-state index < -0.39 is 0 Å². The van der Waals surface area contributed by atoms with E-state index in [2.05, 4.69) is 60.2 Å². The van der Waals surface area contributed by atoms with Gasteiger partial charge in [0.1, 0.15) is 0 Å². The molecule has 0 aliphatic rings. The SMILES string of the molecule is CCCCc1ccc(N=Nc2ccc(N(CC)CC)cc2)cc1. The minimum Gasteiger partial charge on any atom is -0.372 e. The third-order valence-electron chi connectivity index (χ3n) is 4.01. The number of azo groups is 1. The molecule has 0 saturated carbocycles. The molecule has 23 heavy (non-hydrogen) atoms. The maximum atomic E-state index is 4.33. The predicted octanol–water partition coefficient (Wildman–Crippen LogP) is 6.29. The van der Waals surface area contributed by atoms with Crippen LogP contribution in [-0.2, 0) is 6.42 Å². The Hall–Kier alpha value is -2.16. The van der Waals surface area contributed by atoms with Crippen LogP contribution < -0.4 is 4.90 Å². The van der Waals surface area contributed by atoms with Crippen LogP contribution in [0.1, 0.15) is 39.2 Å². The van der Waals surface area contributed by atoms with E-state index in [1.165, 1.54) is 24.1 Å². The molecule has 0 aliphatic carbocycles. The van der Waals surface area contributed by atoms with Gasteiger partial charge in [-0.3, -0.25) is 0 Å². The second kappa shape index (κ2) is 9.09. The zero-order valence-electron chi connectivity index (χ0n) is 14.5. The van der Waals surface area contributed by atoms with Crippen molar-refractivity contribution < 1.29 is 0 Å². The lowest BCUT2D eigenvalue weighted by Gasteiger charge is -2.20. The largest absolute Gasteiger partial charge is 0.372 e. The molecule has 2 aromatic rings. The van der Waals surface area contributed by atoms with Gasteiger partial charge in [-0.15, -0.1) is 0 Å². The van der Waals surface area contributed by atoms with Crippen molar-refractivity contribution in [2.75, 3.05) is 18.0 Å². The minimum atomic E-state index is 0.885. The quantitative estimate of drug-likeness (QED) is 0.526. The number of unbranched alkanes of at least 4 members (excludes halogenated alkanes) is 1. The summed E-state index contributed by atoms with van der Waals surface area (Å²) in [7, 11) is 0. The standard InChI is InChI=1S/C20H27N3/c1-4-7-8-17-9-11-18(12-10-17)21-22-19-13-15-20(16-14-19)23(5-2)6-3/h9-16H,4-8H2,1-3H3. The summed E-state index contributed by atoms with van der Waals surface area (Å²) in [5.74, 6) is 0. The lowest BCUT2D eigenvalue weighted by Crippen LogP contribution is -2.21. The molecule has 122 valence electrons. The molecular weight excluding hydrogens is 282 g/mol. The summed E-state index contributed by atoms with van der Waals surface area (Å²) >= 11 is 0. The normalized spacial score (nSPS) is 11.1. The molecule has 0 unspecified atom stereocenters. The first-order chi connectivity index (χ1) is 11.3. The van der Waals surface area contributed by atoms with Gasteiger partial charge in [-0.1, -0.05) is 25.5 Å². The number of anilines is 1. The number of benzene rings is 2. The van der Waals surface area contributed by atoms with Crippen molar-refractivity contribution in [3.63, 3.8) is 0 Å². The second-order valence-electron chi connectivity index (χ2n) is 5.66. The van der Waals surface area contributed by atoms with E-state index in [0.717, 1.165) is 30.9 Å². The van der Waals surface area contributed by atoms with E-state index in [4.69, 9.17) is 0 Å². The highest BCUT2D eigenvalue weighted by Gasteiger charge is 2.01. The molecule has 0 N–H and O–H groups in total. The zero-order chi connectivity index (χ0) is 16.5. The average Bonchev–Trinajstić information content (AvgIpc) is 2.61. The van der Waals surface area contributed by atoms with Crippen molar-refractivity contribution in [3.05, 3.63) is 54.1 Å². The summed E-state index contributed by atoms with van der Waals surface area (Å²) in [6, 6.07) is 16.6. The summed E-state index contributed by atoms with van der Waals surface area (Å²) < 4.78 is 0. The summed E-state index contributed by atoms with van der Waals surface area (Å²) in [6.45, 7) is 8.58. The molecule has 3 heteroatoms. The van der Waals surface area contributed by atoms with Crippen molar-refractivity contribution in [1.29, 1.82) is 0 Å². The number of nitrogens with zero attached hydrogens (tertiary/aromatic N) is 3. The van der Waals surface area contributed by atoms with Crippen LogP contribution in [0, 0.1) is 0 Å². The fourth-order valence-electron chi connectivity index (χ4n) is 2.54. The van der Waals surface area contributed by atoms with E-state index in [-0.39, 0.29) is 0 Å². The molecular formula is C20H27N3. The summed E-state index contributed by atoms with van der Waals surface area (Å²) in [5, 5.41) is 8.65. The molecule has 0 bridgehead atoms. The van der Waals surface area contributed by atoms with Crippen molar-refractivity contribution >= 4 is 17.1 Å². The maximum Gasteiger partial charge on any atom is 0.0858 e. The Kier molecular flexibility index (Phi) is 6.79. The van der Waals surface area contributed by atoms with E-state index in [1.54, 1.807) is 0 Å². The lowest BCUT2D eigenvalue weighted by atomic mass is 10.1. The molecule has 0 spiro atoms. The Balaban J connectivity index is 1.99. The van der Waals surface area contributed by atoms with Gasteiger partial charge in [0.2, 0.25) is 0 Å². The predicted molar refractivity (Wildman–Crippen MR) is 99.2 cm³/mol. The minimum absolute atomic E-state index is 0.885. The van der Waals surface area contributed by atoms with E-state index in [1.807, 2.05) is 24.3 Å². The molecule has 0 aromatic heterocycles. The van der Waals surface area contributed by atoms with Crippen LogP contribution in [0.25, 0.3) is 0 Å². The van der Waals surface area contributed by atoms with Crippen LogP contribution in [0.2, 0.25) is 0 Å². The van der Waals surface area contributed by atoms with Gasteiger partial charge in [-0.25, -0.2) is 0 Å². The van der Waals surface area contributed by atoms with Crippen LogP contribution in [-0.4, -0.2) is 13.1 Å². The van der Waals surface area contributed by atoms with E-state index in [0.29, 0.717) is 0 Å². The van der Waals surface area contributed by atoms with Crippen molar-refractivity contribution in [1.82, 2.24) is 0 Å². The Morgan fingerprint density at radius 3 is 1.74 bits per heavy atom. The van der Waals surface area contributed by atoms with Gasteiger partial charge in [-0.2, -0.15) is 10.2 Å². The van der Waals surface area contributed by atoms with Crippen LogP contribution >= 0.6 is 0 Å². The third-order valence-corrected chi connectivity index (χ3v) is 4.01. The van der Waals surface area contributed by atoms with Gasteiger partial charge >= 0.3 is 0 Å². The van der Waals surface area contributed by atoms with Gasteiger partial charge in [-0.05, 0) is 68.7 Å². The maximum absolute atomic E-state index is 4.33. The number of rotatable bonds is 8. The first-order valence-electron chi connectivity index (χ1n) is 8.62. The fraction of sp³-hybridized carbons (Fsp3) is 0.400. The average molecular weight is 309 g/mol. The van der Waals surface area contributed by atoms with Crippen molar-refractivity contribution in [2.24, 2.45) is 10.2 Å². The third kappa shape index (κ3) is 5.20. The van der Waals surface area contributed by atoms with E-state index >= 15 is 0 Å². The van der Waals surface area contributed by atoms with Crippen molar-refractivity contribution in [3.8, 4) is 0 Å². The molecule has 2 aromatic carbocycles. The van der Waals surface area contributed by atoms with Crippen molar-refractivity contribution in [2.45, 2.75) is 40.0 Å². The van der Waals surface area contributed by atoms with Gasteiger partial charge in [0.15, 0.2) is 0 Å². The Bertz CT molecular complexity index is 596. The van der Waals surface area contributed by atoms with Gasteiger partial charge in [0.25, 0.3) is 0 Å². The first kappa shape index (κ1) is 17.2. The van der Waals surface area contributed by atoms with Crippen LogP contribution in [0.5, 0.6) is 0 Å². The van der Waals surface area contributed by atoms with Gasteiger partial charge < -0.3 is 4.90 Å². The smallest absolute Gasteiger partial charge is 0.0858 e. The summed E-state index contributed by atoms with van der Waals surface area (Å²) in [6.07, 6.45) is 3.60. The van der Waals surface area contributed by atoms with Crippen LogP contribution in [0.15, 0.2) is 58.8 Å². The Morgan fingerprint density at radius 1 is 0.739 bits per heavy atom.